The van der Waals surface area contributed by atoms with E-state index in [9.17, 15) is 0 Å². The molecule has 9 heteroatoms. The zero-order valence-electron chi connectivity index (χ0n) is 12.7. The minimum atomic E-state index is -0.147. The molecule has 0 unspecified atom stereocenters. The van der Waals surface area contributed by atoms with E-state index < -0.39 is 0 Å². The average Bonchev–Trinajstić information content (AvgIpc) is 3.15. The molecule has 0 saturated carbocycles. The van der Waals surface area contributed by atoms with Crippen LogP contribution in [0.15, 0.2) is 33.9 Å². The number of anilines is 1. The summed E-state index contributed by atoms with van der Waals surface area (Å²) in [5.74, 6) is 2.13. The Morgan fingerprint density at radius 3 is 3.00 bits per heavy atom. The highest BCUT2D eigenvalue weighted by molar-refractivity contribution is 14.0. The van der Waals surface area contributed by atoms with Crippen LogP contribution >= 0.6 is 24.0 Å². The minimum Gasteiger partial charge on any atom is -0.370 e. The van der Waals surface area contributed by atoms with Gasteiger partial charge in [-0.1, -0.05) is 11.2 Å². The first-order chi connectivity index (χ1) is 10.7. The third-order valence-electron chi connectivity index (χ3n) is 3.31. The Hall–Kier alpha value is -1.75. The summed E-state index contributed by atoms with van der Waals surface area (Å²) in [7, 11) is 0. The summed E-state index contributed by atoms with van der Waals surface area (Å²) in [5, 5.41) is 6.71. The van der Waals surface area contributed by atoms with E-state index in [1.807, 2.05) is 18.2 Å². The van der Waals surface area contributed by atoms with Gasteiger partial charge in [0.1, 0.15) is 11.9 Å². The molecule has 3 rings (SSSR count). The van der Waals surface area contributed by atoms with Crippen LogP contribution in [-0.2, 0) is 4.74 Å². The fourth-order valence-electron chi connectivity index (χ4n) is 2.27. The third-order valence-corrected chi connectivity index (χ3v) is 3.31. The molecule has 0 aromatic carbocycles. The SMILES string of the molecule is Cc1noc([C@@H]2CC[C@H](CN=C(N)Nc3ccccn3)O2)n1.I. The van der Waals surface area contributed by atoms with Gasteiger partial charge >= 0.3 is 0 Å². The monoisotopic (exact) mass is 430 g/mol. The molecule has 1 saturated heterocycles. The number of halogens is 1. The van der Waals surface area contributed by atoms with Crippen LogP contribution in [0.1, 0.15) is 30.7 Å². The maximum Gasteiger partial charge on any atom is 0.255 e. The van der Waals surface area contributed by atoms with E-state index in [0.717, 1.165) is 12.8 Å². The fraction of sp³-hybridized carbons (Fsp3) is 0.429. The van der Waals surface area contributed by atoms with Gasteiger partial charge in [0.05, 0.1) is 12.6 Å². The number of rotatable bonds is 4. The number of aryl methyl sites for hydroxylation is 1. The summed E-state index contributed by atoms with van der Waals surface area (Å²) < 4.78 is 11.0. The van der Waals surface area contributed by atoms with Crippen molar-refractivity contribution >= 4 is 35.8 Å². The van der Waals surface area contributed by atoms with Gasteiger partial charge in [0, 0.05) is 6.20 Å². The molecular formula is C14H19IN6O2. The molecule has 8 nitrogen and oxygen atoms in total. The summed E-state index contributed by atoms with van der Waals surface area (Å²) in [4.78, 5) is 12.6. The van der Waals surface area contributed by atoms with Crippen LogP contribution in [0.3, 0.4) is 0 Å². The van der Waals surface area contributed by atoms with Gasteiger partial charge in [-0.25, -0.2) is 4.98 Å². The Balaban J connectivity index is 0.00000192. The molecule has 1 aliphatic rings. The van der Waals surface area contributed by atoms with Crippen molar-refractivity contribution in [2.75, 3.05) is 11.9 Å². The van der Waals surface area contributed by atoms with E-state index in [0.29, 0.717) is 30.0 Å². The van der Waals surface area contributed by atoms with E-state index in [1.165, 1.54) is 0 Å². The molecule has 0 bridgehead atoms. The van der Waals surface area contributed by atoms with Gasteiger partial charge < -0.3 is 20.3 Å². The summed E-state index contributed by atoms with van der Waals surface area (Å²) in [6.45, 7) is 2.27. The van der Waals surface area contributed by atoms with Crippen molar-refractivity contribution in [1.82, 2.24) is 15.1 Å². The van der Waals surface area contributed by atoms with Gasteiger partial charge in [-0.3, -0.25) is 4.99 Å². The van der Waals surface area contributed by atoms with Crippen molar-refractivity contribution in [3.63, 3.8) is 0 Å². The van der Waals surface area contributed by atoms with Crippen LogP contribution in [0.25, 0.3) is 0 Å². The lowest BCUT2D eigenvalue weighted by molar-refractivity contribution is 0.0309. The second-order valence-corrected chi connectivity index (χ2v) is 5.07. The van der Waals surface area contributed by atoms with Crippen molar-refractivity contribution in [3.8, 4) is 0 Å². The van der Waals surface area contributed by atoms with Gasteiger partial charge in [-0.05, 0) is 31.9 Å². The maximum atomic E-state index is 5.86. The van der Waals surface area contributed by atoms with Crippen LogP contribution < -0.4 is 11.1 Å². The quantitative estimate of drug-likeness (QED) is 0.434. The number of nitrogens with zero attached hydrogens (tertiary/aromatic N) is 4. The topological polar surface area (TPSA) is 111 Å². The highest BCUT2D eigenvalue weighted by Crippen LogP contribution is 2.31. The molecule has 2 atom stereocenters. The first-order valence-electron chi connectivity index (χ1n) is 7.14. The largest absolute Gasteiger partial charge is 0.370 e. The number of hydrogen-bond donors (Lipinski definition) is 2. The molecule has 124 valence electrons. The number of nitrogens with one attached hydrogen (secondary N) is 1. The van der Waals surface area contributed by atoms with Crippen LogP contribution in [0.4, 0.5) is 5.82 Å². The molecule has 0 spiro atoms. The molecule has 3 heterocycles. The number of hydrogen-bond acceptors (Lipinski definition) is 6. The number of pyridine rings is 1. The summed E-state index contributed by atoms with van der Waals surface area (Å²) >= 11 is 0. The molecule has 0 amide bonds. The van der Waals surface area contributed by atoms with E-state index in [1.54, 1.807) is 13.1 Å². The van der Waals surface area contributed by atoms with Gasteiger partial charge in [-0.15, -0.1) is 24.0 Å². The first-order valence-corrected chi connectivity index (χ1v) is 7.14. The Kier molecular flexibility index (Phi) is 6.28. The molecule has 0 radical (unpaired) electrons. The molecule has 1 fully saturated rings. The highest BCUT2D eigenvalue weighted by atomic mass is 127. The van der Waals surface area contributed by atoms with Crippen molar-refractivity contribution in [1.29, 1.82) is 0 Å². The predicted molar refractivity (Wildman–Crippen MR) is 95.6 cm³/mol. The van der Waals surface area contributed by atoms with E-state index in [4.69, 9.17) is 15.0 Å². The number of aromatic nitrogens is 3. The minimum absolute atomic E-state index is 0. The second kappa shape index (κ2) is 8.20. The fourth-order valence-corrected chi connectivity index (χ4v) is 2.27. The standard InChI is InChI=1S/C14H18N6O2.HI/c1-9-18-13(22-20-9)11-6-5-10(21-11)8-17-14(15)19-12-4-2-3-7-16-12;/h2-4,7,10-11H,5-6,8H2,1H3,(H3,15,16,17,19);1H/t10-,11+;/m1./s1. The highest BCUT2D eigenvalue weighted by Gasteiger charge is 2.30. The average molecular weight is 430 g/mol. The van der Waals surface area contributed by atoms with Gasteiger partial charge in [0.15, 0.2) is 11.8 Å². The third kappa shape index (κ3) is 4.86. The summed E-state index contributed by atoms with van der Waals surface area (Å²) in [5.41, 5.74) is 5.84. The van der Waals surface area contributed by atoms with Gasteiger partial charge in [-0.2, -0.15) is 4.98 Å². The van der Waals surface area contributed by atoms with Crippen LogP contribution in [0.5, 0.6) is 0 Å². The van der Waals surface area contributed by atoms with E-state index >= 15 is 0 Å². The van der Waals surface area contributed by atoms with Crippen molar-refractivity contribution in [2.24, 2.45) is 10.7 Å². The lowest BCUT2D eigenvalue weighted by Gasteiger charge is -2.09. The van der Waals surface area contributed by atoms with Crippen molar-refractivity contribution in [2.45, 2.75) is 32.0 Å². The Bertz CT molecular complexity index is 648. The molecule has 0 aliphatic carbocycles. The maximum absolute atomic E-state index is 5.86. The van der Waals surface area contributed by atoms with E-state index in [2.05, 4.69) is 25.4 Å². The molecule has 3 N–H and O–H groups in total. The van der Waals surface area contributed by atoms with Gasteiger partial charge in [0.25, 0.3) is 5.89 Å². The normalized spacial score (nSPS) is 21.0. The zero-order valence-corrected chi connectivity index (χ0v) is 15.0. The van der Waals surface area contributed by atoms with Gasteiger partial charge in [0.2, 0.25) is 0 Å². The Morgan fingerprint density at radius 2 is 2.30 bits per heavy atom. The zero-order chi connectivity index (χ0) is 15.4. The van der Waals surface area contributed by atoms with Crippen LogP contribution in [-0.4, -0.2) is 33.7 Å². The number of aliphatic imine (C=N–C) groups is 1. The number of nitrogens with two attached hydrogens (primary N) is 1. The molecule has 23 heavy (non-hydrogen) atoms. The molecule has 2 aromatic rings. The number of ether oxygens (including phenoxy) is 1. The summed E-state index contributed by atoms with van der Waals surface area (Å²) in [6.07, 6.45) is 3.27. The Morgan fingerprint density at radius 1 is 1.43 bits per heavy atom. The van der Waals surface area contributed by atoms with E-state index in [-0.39, 0.29) is 36.2 Å². The molecule has 2 aromatic heterocycles. The Labute approximate surface area is 150 Å². The smallest absolute Gasteiger partial charge is 0.255 e. The van der Waals surface area contributed by atoms with Crippen LogP contribution in [0, 0.1) is 6.92 Å². The lowest BCUT2D eigenvalue weighted by atomic mass is 10.2. The first kappa shape index (κ1) is 17.6. The van der Waals surface area contributed by atoms with Crippen LogP contribution in [0.2, 0.25) is 0 Å². The summed E-state index contributed by atoms with van der Waals surface area (Å²) in [6, 6.07) is 5.53. The molecule has 1 aliphatic heterocycles. The predicted octanol–water partition coefficient (Wildman–Crippen LogP) is 2.04. The second-order valence-electron chi connectivity index (χ2n) is 5.07. The number of guanidine groups is 1. The molecular weight excluding hydrogens is 411 g/mol. The lowest BCUT2D eigenvalue weighted by Crippen LogP contribution is -2.25. The van der Waals surface area contributed by atoms with Crippen molar-refractivity contribution in [3.05, 3.63) is 36.1 Å². The van der Waals surface area contributed by atoms with Crippen molar-refractivity contribution < 1.29 is 9.26 Å².